The van der Waals surface area contributed by atoms with E-state index in [9.17, 15) is 54.2 Å². The number of aryl methyl sites for hydroxylation is 1. The largest absolute Gasteiger partial charge is 0.481 e. The first-order valence-corrected chi connectivity index (χ1v) is 13.7. The summed E-state index contributed by atoms with van der Waals surface area (Å²) in [6.07, 6.45) is -14.4. The molecule has 1 N–H and O–H groups in total. The number of carboxylic acid groups (broad SMARTS) is 1. The lowest BCUT2D eigenvalue weighted by atomic mass is 9.85. The summed E-state index contributed by atoms with van der Waals surface area (Å²) >= 11 is 0. The lowest BCUT2D eigenvalue weighted by Gasteiger charge is -2.34. The number of hydrogen-bond acceptors (Lipinski definition) is 3. The zero-order valence-electron chi connectivity index (χ0n) is 24.5. The van der Waals surface area contributed by atoms with Gasteiger partial charge in [-0.15, -0.1) is 0 Å². The average molecular weight is 641 g/mol. The standard InChI is InChI=1S/C30H33F9N2O3/c1-17-10-22-24(41(18(2)42)16-19-11-20(28(31,32)33)13-21(12-19)29(34,35)36)6-5-8-40(9-7-27(3,4)15-26(43)44)25(22)14-23(17)30(37,38)39/h10-14,24H,5-9,15-16H2,1-4H3,(H,43,44)/t24-/m0/s1. The first kappa shape index (κ1) is 35.0. The van der Waals surface area contributed by atoms with Crippen molar-refractivity contribution in [2.24, 2.45) is 5.41 Å². The van der Waals surface area contributed by atoms with Crippen molar-refractivity contribution in [3.8, 4) is 0 Å². The molecule has 0 aliphatic carbocycles. The second kappa shape index (κ2) is 12.5. The van der Waals surface area contributed by atoms with Crippen LogP contribution in [0.3, 0.4) is 0 Å². The second-order valence-corrected chi connectivity index (χ2v) is 11.9. The number of carboxylic acids is 1. The first-order valence-electron chi connectivity index (χ1n) is 13.7. The van der Waals surface area contributed by atoms with E-state index in [2.05, 4.69) is 0 Å². The Kier molecular flexibility index (Phi) is 9.96. The Morgan fingerprint density at radius 2 is 1.48 bits per heavy atom. The number of hydrogen-bond donors (Lipinski definition) is 1. The second-order valence-electron chi connectivity index (χ2n) is 11.9. The molecular formula is C30H33F9N2O3. The van der Waals surface area contributed by atoms with Gasteiger partial charge in [0.05, 0.1) is 29.2 Å². The summed E-state index contributed by atoms with van der Waals surface area (Å²) in [5, 5.41) is 9.24. The van der Waals surface area contributed by atoms with Crippen molar-refractivity contribution in [3.63, 3.8) is 0 Å². The van der Waals surface area contributed by atoms with Crippen molar-refractivity contribution in [1.82, 2.24) is 4.90 Å². The molecule has 1 atom stereocenters. The van der Waals surface area contributed by atoms with E-state index >= 15 is 0 Å². The quantitative estimate of drug-likeness (QED) is 0.294. The van der Waals surface area contributed by atoms with Gasteiger partial charge in [-0.1, -0.05) is 19.9 Å². The summed E-state index contributed by atoms with van der Waals surface area (Å²) in [6, 6.07) is 2.26. The molecule has 0 fully saturated rings. The van der Waals surface area contributed by atoms with E-state index in [1.54, 1.807) is 18.7 Å². The maximum atomic E-state index is 14.0. The minimum Gasteiger partial charge on any atom is -0.481 e. The molecule has 244 valence electrons. The third-order valence-electron chi connectivity index (χ3n) is 7.75. The highest BCUT2D eigenvalue weighted by molar-refractivity contribution is 5.75. The van der Waals surface area contributed by atoms with Crippen molar-refractivity contribution in [2.45, 2.75) is 84.5 Å². The predicted molar refractivity (Wildman–Crippen MR) is 144 cm³/mol. The van der Waals surface area contributed by atoms with E-state index in [0.29, 0.717) is 25.0 Å². The molecule has 44 heavy (non-hydrogen) atoms. The smallest absolute Gasteiger partial charge is 0.416 e. The number of nitrogens with zero attached hydrogens (tertiary/aromatic N) is 2. The SMILES string of the molecule is CC(=O)N(Cc1cc(C(F)(F)F)cc(C(F)(F)F)c1)[C@H]1CCCN(CCC(C)(C)CC(=O)O)c2cc(C(F)(F)F)c(C)cc21. The molecule has 0 spiro atoms. The molecular weight excluding hydrogens is 607 g/mol. The summed E-state index contributed by atoms with van der Waals surface area (Å²) in [4.78, 5) is 27.0. The summed E-state index contributed by atoms with van der Waals surface area (Å²) in [6.45, 7) is 5.47. The van der Waals surface area contributed by atoms with E-state index in [1.165, 1.54) is 13.0 Å². The van der Waals surface area contributed by atoms with E-state index in [4.69, 9.17) is 0 Å². The molecule has 1 heterocycles. The van der Waals surface area contributed by atoms with Crippen molar-refractivity contribution in [3.05, 3.63) is 63.7 Å². The highest BCUT2D eigenvalue weighted by atomic mass is 19.4. The van der Waals surface area contributed by atoms with Crippen molar-refractivity contribution >= 4 is 17.6 Å². The number of carbonyl (C=O) groups is 2. The molecule has 3 rings (SSSR count). The third-order valence-corrected chi connectivity index (χ3v) is 7.75. The van der Waals surface area contributed by atoms with Crippen LogP contribution in [-0.4, -0.2) is 35.0 Å². The Morgan fingerprint density at radius 1 is 0.909 bits per heavy atom. The fourth-order valence-corrected chi connectivity index (χ4v) is 5.56. The Morgan fingerprint density at radius 3 is 1.95 bits per heavy atom. The number of fused-ring (bicyclic) bond motifs is 1. The van der Waals surface area contributed by atoms with Crippen LogP contribution in [0.2, 0.25) is 0 Å². The highest BCUT2D eigenvalue weighted by Gasteiger charge is 2.39. The predicted octanol–water partition coefficient (Wildman–Crippen LogP) is 8.63. The van der Waals surface area contributed by atoms with Crippen molar-refractivity contribution < 1.29 is 54.2 Å². The summed E-state index contributed by atoms with van der Waals surface area (Å²) in [5.41, 5.74) is -4.97. The van der Waals surface area contributed by atoms with Crippen LogP contribution in [0.15, 0.2) is 30.3 Å². The molecule has 5 nitrogen and oxygen atoms in total. The van der Waals surface area contributed by atoms with Crippen LogP contribution in [0.25, 0.3) is 0 Å². The Labute approximate surface area is 248 Å². The number of aliphatic carboxylic acids is 1. The van der Waals surface area contributed by atoms with Gasteiger partial charge >= 0.3 is 24.5 Å². The Hall–Kier alpha value is -3.45. The normalized spacial score (nSPS) is 16.4. The maximum Gasteiger partial charge on any atom is 0.416 e. The van der Waals surface area contributed by atoms with Gasteiger partial charge in [-0.05, 0) is 72.6 Å². The fraction of sp³-hybridized carbons (Fsp3) is 0.533. The number of carbonyl (C=O) groups excluding carboxylic acids is 1. The van der Waals surface area contributed by atoms with E-state index in [1.807, 2.05) is 0 Å². The van der Waals surface area contributed by atoms with Gasteiger partial charge in [0.25, 0.3) is 0 Å². The topological polar surface area (TPSA) is 60.9 Å². The van der Waals surface area contributed by atoms with Crippen LogP contribution >= 0.6 is 0 Å². The molecule has 2 aromatic rings. The van der Waals surface area contributed by atoms with Gasteiger partial charge < -0.3 is 14.9 Å². The molecule has 0 unspecified atom stereocenters. The number of alkyl halides is 9. The molecule has 0 saturated carbocycles. The lowest BCUT2D eigenvalue weighted by molar-refractivity contribution is -0.143. The zero-order chi connectivity index (χ0) is 33.4. The summed E-state index contributed by atoms with van der Waals surface area (Å²) < 4.78 is 123. The average Bonchev–Trinajstić information content (AvgIpc) is 3.01. The summed E-state index contributed by atoms with van der Waals surface area (Å²) in [5.74, 6) is -1.73. The number of rotatable bonds is 8. The van der Waals surface area contributed by atoms with Gasteiger partial charge in [-0.2, -0.15) is 39.5 Å². The Bertz CT molecular complexity index is 1350. The van der Waals surface area contributed by atoms with Crippen molar-refractivity contribution in [2.75, 3.05) is 18.0 Å². The molecule has 0 radical (unpaired) electrons. The Balaban J connectivity index is 2.13. The third kappa shape index (κ3) is 8.59. The minimum atomic E-state index is -5.11. The van der Waals surface area contributed by atoms with Crippen LogP contribution < -0.4 is 4.90 Å². The van der Waals surface area contributed by atoms with E-state index in [-0.39, 0.29) is 48.8 Å². The molecule has 1 amide bonds. The minimum absolute atomic E-state index is 0.0195. The molecule has 1 aliphatic rings. The molecule has 0 saturated heterocycles. The van der Waals surface area contributed by atoms with Gasteiger partial charge in [0.1, 0.15) is 0 Å². The highest BCUT2D eigenvalue weighted by Crippen LogP contribution is 2.44. The molecule has 14 heteroatoms. The van der Waals surface area contributed by atoms with Gasteiger partial charge in [0.15, 0.2) is 0 Å². The van der Waals surface area contributed by atoms with Crippen molar-refractivity contribution in [1.29, 1.82) is 0 Å². The van der Waals surface area contributed by atoms with Gasteiger partial charge in [-0.3, -0.25) is 9.59 Å². The molecule has 1 aliphatic heterocycles. The molecule has 0 bridgehead atoms. The van der Waals surface area contributed by atoms with E-state index < -0.39 is 70.7 Å². The van der Waals surface area contributed by atoms with Gasteiger partial charge in [-0.25, -0.2) is 0 Å². The van der Waals surface area contributed by atoms with Crippen LogP contribution in [0.1, 0.15) is 85.9 Å². The first-order chi connectivity index (χ1) is 20.0. The number of amides is 1. The zero-order valence-corrected chi connectivity index (χ0v) is 24.5. The van der Waals surface area contributed by atoms with Crippen LogP contribution in [-0.2, 0) is 34.7 Å². The van der Waals surface area contributed by atoms with Crippen LogP contribution in [0.4, 0.5) is 45.2 Å². The van der Waals surface area contributed by atoms with Crippen LogP contribution in [0, 0.1) is 12.3 Å². The molecule has 0 aromatic heterocycles. The number of halogens is 9. The lowest BCUT2D eigenvalue weighted by Crippen LogP contribution is -2.33. The molecule has 2 aromatic carbocycles. The number of anilines is 1. The monoisotopic (exact) mass is 640 g/mol. The summed E-state index contributed by atoms with van der Waals surface area (Å²) in [7, 11) is 0. The van der Waals surface area contributed by atoms with Gasteiger partial charge in [0.2, 0.25) is 5.91 Å². The van der Waals surface area contributed by atoms with E-state index in [0.717, 1.165) is 17.9 Å². The maximum absolute atomic E-state index is 14.0. The number of benzene rings is 2. The van der Waals surface area contributed by atoms with Crippen LogP contribution in [0.5, 0.6) is 0 Å². The fourth-order valence-electron chi connectivity index (χ4n) is 5.56. The van der Waals surface area contributed by atoms with Gasteiger partial charge in [0, 0.05) is 32.2 Å².